The number of hydrogen-bond donors (Lipinski definition) is 1. The lowest BCUT2D eigenvalue weighted by molar-refractivity contribution is 0.102. The summed E-state index contributed by atoms with van der Waals surface area (Å²) in [6, 6.07) is 14.8. The molecule has 0 aliphatic rings. The number of fused-ring (bicyclic) bond motifs is 1. The van der Waals surface area contributed by atoms with Crippen molar-refractivity contribution in [2.75, 3.05) is 18.4 Å². The minimum absolute atomic E-state index is 0.0969. The zero-order valence-corrected chi connectivity index (χ0v) is 17.7. The van der Waals surface area contributed by atoms with Crippen LogP contribution < -0.4 is 5.32 Å². The first-order chi connectivity index (χ1) is 14.9. The highest BCUT2D eigenvalue weighted by Crippen LogP contribution is 2.27. The number of nitrogens with zero attached hydrogens (tertiary/aromatic N) is 3. The molecule has 0 unspecified atom stereocenters. The molecule has 1 N–H and O–H groups in total. The number of aromatic nitrogens is 2. The molecule has 0 saturated heterocycles. The first-order valence-electron chi connectivity index (χ1n) is 9.66. The molecular formula is C21H20N4O5S. The highest BCUT2D eigenvalue weighted by Gasteiger charge is 2.22. The predicted octanol–water partition coefficient (Wildman–Crippen LogP) is 3.77. The minimum atomic E-state index is -3.59. The van der Waals surface area contributed by atoms with Crippen molar-refractivity contribution in [2.45, 2.75) is 18.7 Å². The van der Waals surface area contributed by atoms with Crippen LogP contribution in [0.1, 0.15) is 24.2 Å². The molecule has 0 aliphatic carbocycles. The summed E-state index contributed by atoms with van der Waals surface area (Å²) in [5, 5.41) is 11.1. The van der Waals surface area contributed by atoms with E-state index in [1.54, 1.807) is 19.9 Å². The number of anilines is 1. The van der Waals surface area contributed by atoms with Crippen LogP contribution in [0.3, 0.4) is 0 Å². The van der Waals surface area contributed by atoms with Gasteiger partial charge in [0.25, 0.3) is 11.8 Å². The number of rotatable bonds is 7. The summed E-state index contributed by atoms with van der Waals surface area (Å²) in [4.78, 5) is 12.6. The third-order valence-electron chi connectivity index (χ3n) is 4.74. The summed E-state index contributed by atoms with van der Waals surface area (Å²) in [7, 11) is -3.59. The summed E-state index contributed by atoms with van der Waals surface area (Å²) in [6.07, 6.45) is 0. The van der Waals surface area contributed by atoms with Gasteiger partial charge in [0.15, 0.2) is 5.76 Å². The Hall–Kier alpha value is -3.50. The van der Waals surface area contributed by atoms with Crippen molar-refractivity contribution in [3.05, 3.63) is 60.2 Å². The van der Waals surface area contributed by atoms with Gasteiger partial charge >= 0.3 is 6.01 Å². The molecule has 0 saturated carbocycles. The number of furan rings is 1. The van der Waals surface area contributed by atoms with Gasteiger partial charge in [-0.3, -0.25) is 10.1 Å². The second-order valence-electron chi connectivity index (χ2n) is 6.63. The number of benzene rings is 2. The van der Waals surface area contributed by atoms with Crippen LogP contribution in [0.4, 0.5) is 6.01 Å². The first kappa shape index (κ1) is 20.8. The van der Waals surface area contributed by atoms with Gasteiger partial charge < -0.3 is 8.83 Å². The van der Waals surface area contributed by atoms with Crippen LogP contribution in [0, 0.1) is 0 Å². The van der Waals surface area contributed by atoms with Crippen LogP contribution in [-0.4, -0.2) is 41.9 Å². The highest BCUT2D eigenvalue weighted by atomic mass is 32.2. The van der Waals surface area contributed by atoms with Crippen LogP contribution >= 0.6 is 0 Å². The van der Waals surface area contributed by atoms with E-state index in [4.69, 9.17) is 8.83 Å². The molecule has 0 fully saturated rings. The Balaban J connectivity index is 1.49. The van der Waals surface area contributed by atoms with Gasteiger partial charge in [0, 0.05) is 24.0 Å². The monoisotopic (exact) mass is 440 g/mol. The second-order valence-corrected chi connectivity index (χ2v) is 8.57. The smallest absolute Gasteiger partial charge is 0.322 e. The topological polar surface area (TPSA) is 119 Å². The number of amides is 1. The van der Waals surface area contributed by atoms with E-state index in [0.29, 0.717) is 24.4 Å². The maximum Gasteiger partial charge on any atom is 0.322 e. The van der Waals surface area contributed by atoms with E-state index in [0.717, 1.165) is 5.39 Å². The molecule has 2 aromatic heterocycles. The predicted molar refractivity (Wildman–Crippen MR) is 114 cm³/mol. The molecule has 10 heteroatoms. The van der Waals surface area contributed by atoms with Gasteiger partial charge in [-0.05, 0) is 36.4 Å². The number of sulfonamides is 1. The van der Waals surface area contributed by atoms with E-state index >= 15 is 0 Å². The zero-order valence-electron chi connectivity index (χ0n) is 16.9. The second kappa shape index (κ2) is 8.32. The number of carbonyl (C=O) groups is 1. The molecule has 2 heterocycles. The molecule has 2 aromatic carbocycles. The summed E-state index contributed by atoms with van der Waals surface area (Å²) in [5.41, 5.74) is 0.933. The maximum atomic E-state index is 12.6. The molecule has 9 nitrogen and oxygen atoms in total. The Labute approximate surface area is 178 Å². The Morgan fingerprint density at radius 2 is 1.71 bits per heavy atom. The molecule has 0 bridgehead atoms. The van der Waals surface area contributed by atoms with Gasteiger partial charge in [-0.25, -0.2) is 8.42 Å². The van der Waals surface area contributed by atoms with Crippen molar-refractivity contribution in [3.63, 3.8) is 0 Å². The first-order valence-corrected chi connectivity index (χ1v) is 11.1. The highest BCUT2D eigenvalue weighted by molar-refractivity contribution is 7.89. The van der Waals surface area contributed by atoms with Crippen LogP contribution in [0.5, 0.6) is 0 Å². The van der Waals surface area contributed by atoms with E-state index < -0.39 is 15.9 Å². The summed E-state index contributed by atoms with van der Waals surface area (Å²) in [5.74, 6) is 0.0129. The van der Waals surface area contributed by atoms with Crippen molar-refractivity contribution < 1.29 is 22.0 Å². The normalized spacial score (nSPS) is 11.8. The Bertz CT molecular complexity index is 1290. The van der Waals surface area contributed by atoms with Crippen LogP contribution in [-0.2, 0) is 10.0 Å². The van der Waals surface area contributed by atoms with Crippen molar-refractivity contribution in [1.82, 2.24) is 14.5 Å². The molecule has 160 valence electrons. The lowest BCUT2D eigenvalue weighted by Gasteiger charge is -2.18. The van der Waals surface area contributed by atoms with Crippen molar-refractivity contribution >= 4 is 32.9 Å². The summed E-state index contributed by atoms with van der Waals surface area (Å²) >= 11 is 0. The number of para-hydroxylation sites is 1. The van der Waals surface area contributed by atoms with Gasteiger partial charge in [0.05, 0.1) is 4.90 Å². The number of nitrogens with one attached hydrogen (secondary N) is 1. The summed E-state index contributed by atoms with van der Waals surface area (Å²) in [6.45, 7) is 4.28. The van der Waals surface area contributed by atoms with Crippen molar-refractivity contribution in [3.8, 4) is 11.7 Å². The molecule has 4 rings (SSSR count). The third-order valence-corrected chi connectivity index (χ3v) is 6.81. The fraction of sp³-hybridized carbons (Fsp3) is 0.190. The molecule has 0 atom stereocenters. The maximum absolute atomic E-state index is 12.6. The summed E-state index contributed by atoms with van der Waals surface area (Å²) < 4.78 is 37.6. The molecule has 0 aliphatic heterocycles. The van der Waals surface area contributed by atoms with Crippen molar-refractivity contribution in [2.24, 2.45) is 0 Å². The zero-order chi connectivity index (χ0) is 22.0. The van der Waals surface area contributed by atoms with Crippen molar-refractivity contribution in [1.29, 1.82) is 0 Å². The number of carbonyl (C=O) groups excluding carboxylic acids is 1. The van der Waals surface area contributed by atoms with Gasteiger partial charge in [-0.1, -0.05) is 37.1 Å². The lowest BCUT2D eigenvalue weighted by Crippen LogP contribution is -2.30. The molecule has 0 radical (unpaired) electrons. The molecule has 31 heavy (non-hydrogen) atoms. The van der Waals surface area contributed by atoms with E-state index in [-0.39, 0.29) is 22.4 Å². The molecule has 4 aromatic rings. The fourth-order valence-electron chi connectivity index (χ4n) is 3.12. The largest absolute Gasteiger partial charge is 0.451 e. The Morgan fingerprint density at radius 1 is 1.00 bits per heavy atom. The van der Waals surface area contributed by atoms with Gasteiger partial charge in [0.1, 0.15) is 5.58 Å². The van der Waals surface area contributed by atoms with Gasteiger partial charge in [-0.2, -0.15) is 4.31 Å². The van der Waals surface area contributed by atoms with Crippen LogP contribution in [0.2, 0.25) is 0 Å². The molecular weight excluding hydrogens is 420 g/mol. The average molecular weight is 440 g/mol. The molecule has 1 amide bonds. The SMILES string of the molecule is CCN(CC)S(=O)(=O)c1ccc(C(=O)Nc2nnc(-c3cc4ccccc4o3)o2)cc1. The van der Waals surface area contributed by atoms with Crippen LogP contribution in [0.15, 0.2) is 68.3 Å². The van der Waals surface area contributed by atoms with E-state index in [1.807, 2.05) is 24.3 Å². The van der Waals surface area contributed by atoms with Gasteiger partial charge in [0.2, 0.25) is 10.0 Å². The average Bonchev–Trinajstić information content (AvgIpc) is 3.41. The van der Waals surface area contributed by atoms with Gasteiger partial charge in [-0.15, -0.1) is 5.10 Å². The van der Waals surface area contributed by atoms with Crippen LogP contribution in [0.25, 0.3) is 22.6 Å². The Kier molecular flexibility index (Phi) is 5.57. The lowest BCUT2D eigenvalue weighted by atomic mass is 10.2. The number of hydrogen-bond acceptors (Lipinski definition) is 7. The third kappa shape index (κ3) is 4.07. The van der Waals surface area contributed by atoms with E-state index in [2.05, 4.69) is 15.5 Å². The standard InChI is InChI=1S/C21H20N4O5S/c1-3-25(4-2)31(27,28)16-11-9-14(10-12-16)19(26)22-21-24-23-20(30-21)18-13-15-7-5-6-8-17(15)29-18/h5-13H,3-4H2,1-2H3,(H,22,24,26). The minimum Gasteiger partial charge on any atom is -0.451 e. The van der Waals surface area contributed by atoms with E-state index in [1.165, 1.54) is 28.6 Å². The Morgan fingerprint density at radius 3 is 2.39 bits per heavy atom. The fourth-order valence-corrected chi connectivity index (χ4v) is 4.58. The van der Waals surface area contributed by atoms with E-state index in [9.17, 15) is 13.2 Å². The molecule has 0 spiro atoms. The quantitative estimate of drug-likeness (QED) is 0.465.